The highest BCUT2D eigenvalue weighted by molar-refractivity contribution is 5.93. The molecule has 5 heteroatoms. The maximum Gasteiger partial charge on any atom is 0.308 e. The molecule has 0 spiro atoms. The molecule has 2 rings (SSSR count). The topological polar surface area (TPSA) is 70.5 Å². The second-order valence-electron chi connectivity index (χ2n) is 7.01. The lowest BCUT2D eigenvalue weighted by Crippen LogP contribution is -2.49. The molecule has 1 aromatic rings. The molecule has 5 nitrogen and oxygen atoms in total. The summed E-state index contributed by atoms with van der Waals surface area (Å²) in [5.41, 5.74) is 1.44. The van der Waals surface area contributed by atoms with Gasteiger partial charge < -0.3 is 10.0 Å². The van der Waals surface area contributed by atoms with E-state index in [9.17, 15) is 14.7 Å². The predicted octanol–water partition coefficient (Wildman–Crippen LogP) is 2.70. The van der Waals surface area contributed by atoms with E-state index >= 15 is 0 Å². The molecule has 0 unspecified atom stereocenters. The van der Waals surface area contributed by atoms with Crippen LogP contribution in [0.2, 0.25) is 0 Å². The largest absolute Gasteiger partial charge is 0.481 e. The zero-order chi connectivity index (χ0) is 16.5. The molecule has 1 fully saturated rings. The van der Waals surface area contributed by atoms with Gasteiger partial charge in [0, 0.05) is 18.8 Å². The lowest BCUT2D eigenvalue weighted by Gasteiger charge is -2.37. The SMILES string of the molecule is C[C@@H]1[C@H](C(=O)O)CCCN1C(=O)c1ccc(C(C)(C)C)cn1. The van der Waals surface area contributed by atoms with E-state index in [4.69, 9.17) is 0 Å². The summed E-state index contributed by atoms with van der Waals surface area (Å²) >= 11 is 0. The van der Waals surface area contributed by atoms with Crippen molar-refractivity contribution in [3.63, 3.8) is 0 Å². The van der Waals surface area contributed by atoms with E-state index in [1.165, 1.54) is 0 Å². The van der Waals surface area contributed by atoms with Crippen LogP contribution in [0.4, 0.5) is 0 Å². The van der Waals surface area contributed by atoms with Crippen molar-refractivity contribution in [1.29, 1.82) is 0 Å². The molecule has 1 aliphatic rings. The summed E-state index contributed by atoms with van der Waals surface area (Å²) in [5.74, 6) is -1.51. The summed E-state index contributed by atoms with van der Waals surface area (Å²) < 4.78 is 0. The van der Waals surface area contributed by atoms with Crippen molar-refractivity contribution in [1.82, 2.24) is 9.88 Å². The molecule has 120 valence electrons. The average Bonchev–Trinajstić information content (AvgIpc) is 2.45. The van der Waals surface area contributed by atoms with Gasteiger partial charge in [0.25, 0.3) is 5.91 Å². The number of pyridine rings is 1. The number of likely N-dealkylation sites (tertiary alicyclic amines) is 1. The number of hydrogen-bond acceptors (Lipinski definition) is 3. The van der Waals surface area contributed by atoms with Gasteiger partial charge in [-0.1, -0.05) is 26.8 Å². The minimum atomic E-state index is -0.832. The van der Waals surface area contributed by atoms with Crippen LogP contribution in [0.25, 0.3) is 0 Å². The van der Waals surface area contributed by atoms with Crippen LogP contribution in [-0.4, -0.2) is 39.5 Å². The van der Waals surface area contributed by atoms with E-state index in [1.807, 2.05) is 6.07 Å². The summed E-state index contributed by atoms with van der Waals surface area (Å²) in [5, 5.41) is 9.25. The maximum atomic E-state index is 12.6. The van der Waals surface area contributed by atoms with Crippen LogP contribution in [0.1, 0.15) is 56.6 Å². The number of carbonyl (C=O) groups is 2. The Labute approximate surface area is 131 Å². The first-order valence-electron chi connectivity index (χ1n) is 7.72. The Kier molecular flexibility index (Phi) is 4.54. The number of aromatic nitrogens is 1. The Morgan fingerprint density at radius 3 is 2.50 bits per heavy atom. The van der Waals surface area contributed by atoms with E-state index < -0.39 is 11.9 Å². The first-order valence-corrected chi connectivity index (χ1v) is 7.72. The Morgan fingerprint density at radius 2 is 2.00 bits per heavy atom. The Hall–Kier alpha value is -1.91. The zero-order valence-electron chi connectivity index (χ0n) is 13.7. The molecule has 2 heterocycles. The summed E-state index contributed by atoms with van der Waals surface area (Å²) in [6.07, 6.45) is 3.07. The highest BCUT2D eigenvalue weighted by Crippen LogP contribution is 2.26. The lowest BCUT2D eigenvalue weighted by atomic mass is 9.88. The highest BCUT2D eigenvalue weighted by atomic mass is 16.4. The fourth-order valence-electron chi connectivity index (χ4n) is 2.87. The highest BCUT2D eigenvalue weighted by Gasteiger charge is 2.36. The Morgan fingerprint density at radius 1 is 1.32 bits per heavy atom. The number of piperidine rings is 1. The molecule has 0 bridgehead atoms. The quantitative estimate of drug-likeness (QED) is 0.912. The van der Waals surface area contributed by atoms with Crippen LogP contribution in [0.15, 0.2) is 18.3 Å². The van der Waals surface area contributed by atoms with Gasteiger partial charge in [0.1, 0.15) is 5.69 Å². The van der Waals surface area contributed by atoms with Crippen molar-refractivity contribution < 1.29 is 14.7 Å². The van der Waals surface area contributed by atoms with E-state index in [-0.39, 0.29) is 17.4 Å². The van der Waals surface area contributed by atoms with Gasteiger partial charge in [-0.05, 0) is 36.8 Å². The molecule has 1 amide bonds. The van der Waals surface area contributed by atoms with Crippen molar-refractivity contribution >= 4 is 11.9 Å². The maximum absolute atomic E-state index is 12.6. The molecule has 1 aliphatic heterocycles. The molecule has 2 atom stereocenters. The van der Waals surface area contributed by atoms with Crippen molar-refractivity contribution in [3.8, 4) is 0 Å². The van der Waals surface area contributed by atoms with Gasteiger partial charge in [0.2, 0.25) is 0 Å². The minimum absolute atomic E-state index is 0.0125. The van der Waals surface area contributed by atoms with Crippen molar-refractivity contribution in [2.24, 2.45) is 5.92 Å². The number of aliphatic carboxylic acids is 1. The van der Waals surface area contributed by atoms with E-state index in [0.717, 1.165) is 5.56 Å². The molecular formula is C17H24N2O3. The van der Waals surface area contributed by atoms with E-state index in [1.54, 1.807) is 24.1 Å². The van der Waals surface area contributed by atoms with Crippen molar-refractivity contribution in [2.75, 3.05) is 6.54 Å². The van der Waals surface area contributed by atoms with Crippen LogP contribution >= 0.6 is 0 Å². The predicted molar refractivity (Wildman–Crippen MR) is 83.8 cm³/mol. The summed E-state index contributed by atoms with van der Waals surface area (Å²) in [4.78, 5) is 29.8. The molecule has 1 aromatic heterocycles. The minimum Gasteiger partial charge on any atom is -0.481 e. The summed E-state index contributed by atoms with van der Waals surface area (Å²) in [7, 11) is 0. The number of hydrogen-bond donors (Lipinski definition) is 1. The monoisotopic (exact) mass is 304 g/mol. The van der Waals surface area contributed by atoms with Crippen molar-refractivity contribution in [2.45, 2.75) is 52.0 Å². The average molecular weight is 304 g/mol. The summed E-state index contributed by atoms with van der Waals surface area (Å²) in [6, 6.07) is 3.35. The second-order valence-corrected chi connectivity index (χ2v) is 7.01. The lowest BCUT2D eigenvalue weighted by molar-refractivity contribution is -0.144. The van der Waals surface area contributed by atoms with E-state index in [2.05, 4.69) is 25.8 Å². The number of carbonyl (C=O) groups excluding carboxylic acids is 1. The van der Waals surface area contributed by atoms with E-state index in [0.29, 0.717) is 25.1 Å². The van der Waals surface area contributed by atoms with Crippen LogP contribution in [0.5, 0.6) is 0 Å². The third kappa shape index (κ3) is 3.29. The standard InChI is InChI=1S/C17H24N2O3/c1-11-13(16(21)22)6-5-9-19(11)15(20)14-8-7-12(10-18-14)17(2,3)4/h7-8,10-11,13H,5-6,9H2,1-4H3,(H,21,22)/t11-,13-/m1/s1. The first-order chi connectivity index (χ1) is 10.2. The molecule has 0 saturated carbocycles. The van der Waals surface area contributed by atoms with Crippen LogP contribution < -0.4 is 0 Å². The fourth-order valence-corrected chi connectivity index (χ4v) is 2.87. The second kappa shape index (κ2) is 6.07. The Bertz CT molecular complexity index is 560. The molecule has 0 aliphatic carbocycles. The van der Waals surface area contributed by atoms with Crippen LogP contribution in [-0.2, 0) is 10.2 Å². The molecule has 1 N–H and O–H groups in total. The summed E-state index contributed by atoms with van der Waals surface area (Å²) in [6.45, 7) is 8.67. The normalized spacial score (nSPS) is 22.5. The van der Waals surface area contributed by atoms with Crippen LogP contribution in [0.3, 0.4) is 0 Å². The third-order valence-corrected chi connectivity index (χ3v) is 4.41. The molecule has 22 heavy (non-hydrogen) atoms. The first kappa shape index (κ1) is 16.5. The molecule has 1 saturated heterocycles. The Balaban J connectivity index is 2.19. The van der Waals surface area contributed by atoms with Gasteiger partial charge in [-0.15, -0.1) is 0 Å². The van der Waals surface area contributed by atoms with Gasteiger partial charge in [-0.3, -0.25) is 14.6 Å². The molecule has 0 aromatic carbocycles. The molecular weight excluding hydrogens is 280 g/mol. The number of nitrogens with zero attached hydrogens (tertiary/aromatic N) is 2. The van der Waals surface area contributed by atoms with Gasteiger partial charge in [0.15, 0.2) is 0 Å². The number of rotatable bonds is 2. The van der Waals surface area contributed by atoms with Gasteiger partial charge in [0.05, 0.1) is 5.92 Å². The zero-order valence-corrected chi connectivity index (χ0v) is 13.7. The van der Waals surface area contributed by atoms with Gasteiger partial charge >= 0.3 is 5.97 Å². The number of carboxylic acids is 1. The number of carboxylic acid groups (broad SMARTS) is 1. The molecule has 0 radical (unpaired) electrons. The fraction of sp³-hybridized carbons (Fsp3) is 0.588. The third-order valence-electron chi connectivity index (χ3n) is 4.41. The smallest absolute Gasteiger partial charge is 0.308 e. The van der Waals surface area contributed by atoms with Gasteiger partial charge in [-0.2, -0.15) is 0 Å². The van der Waals surface area contributed by atoms with Gasteiger partial charge in [-0.25, -0.2) is 0 Å². The van der Waals surface area contributed by atoms with Crippen LogP contribution in [0, 0.1) is 5.92 Å². The number of amides is 1. The van der Waals surface area contributed by atoms with Crippen molar-refractivity contribution in [3.05, 3.63) is 29.6 Å².